The van der Waals surface area contributed by atoms with E-state index in [0.29, 0.717) is 11.3 Å². The summed E-state index contributed by atoms with van der Waals surface area (Å²) in [4.78, 5) is 19.6. The Balaban J connectivity index is 1.85. The molecule has 0 atom stereocenters. The number of aromatic nitrogens is 4. The number of H-pyrrole nitrogens is 2. The van der Waals surface area contributed by atoms with Gasteiger partial charge in [0.2, 0.25) is 0 Å². The minimum absolute atomic E-state index is 0.213. The molecule has 5 nitrogen and oxygen atoms in total. The largest absolute Gasteiger partial charge is 0.354 e. The van der Waals surface area contributed by atoms with E-state index in [1.54, 1.807) is 18.5 Å². The zero-order valence-corrected chi connectivity index (χ0v) is 13.2. The molecule has 2 N–H and O–H groups in total. The number of fused-ring (bicyclic) bond motifs is 1. The highest BCUT2D eigenvalue weighted by Gasteiger charge is 2.10. The first-order valence-corrected chi connectivity index (χ1v) is 7.87. The van der Waals surface area contributed by atoms with E-state index in [4.69, 9.17) is 0 Å². The van der Waals surface area contributed by atoms with E-state index < -0.39 is 0 Å². The van der Waals surface area contributed by atoms with Crippen LogP contribution in [-0.2, 0) is 6.42 Å². The lowest BCUT2D eigenvalue weighted by atomic mass is 10.1. The molecule has 24 heavy (non-hydrogen) atoms. The molecule has 118 valence electrons. The van der Waals surface area contributed by atoms with Gasteiger partial charge in [-0.25, -0.2) is 5.10 Å². The summed E-state index contributed by atoms with van der Waals surface area (Å²) in [6, 6.07) is 13.8. The molecule has 0 bridgehead atoms. The van der Waals surface area contributed by atoms with Crippen LogP contribution in [0.3, 0.4) is 0 Å². The zero-order valence-electron chi connectivity index (χ0n) is 13.2. The Kier molecular flexibility index (Phi) is 3.46. The number of nitrogens with one attached hydrogen (secondary N) is 2. The summed E-state index contributed by atoms with van der Waals surface area (Å²) < 4.78 is 0. The van der Waals surface area contributed by atoms with Crippen LogP contribution < -0.4 is 5.56 Å². The van der Waals surface area contributed by atoms with Gasteiger partial charge in [-0.05, 0) is 48.4 Å². The van der Waals surface area contributed by atoms with Gasteiger partial charge in [-0.3, -0.25) is 9.78 Å². The molecule has 1 aromatic carbocycles. The molecule has 4 rings (SSSR count). The van der Waals surface area contributed by atoms with Crippen LogP contribution in [0.4, 0.5) is 0 Å². The molecular formula is C19H16N4O. The standard InChI is InChI=1S/C19H16N4O/c1-2-12-3-4-16-14(9-12)10-18(21-16)15-11-17(22-23-19(15)24)13-5-7-20-8-6-13/h3-11,21H,2H2,1H3,(H,23,24). The second-order valence-electron chi connectivity index (χ2n) is 5.69. The Morgan fingerprint density at radius 1 is 1.04 bits per heavy atom. The molecule has 0 aliphatic heterocycles. The minimum Gasteiger partial charge on any atom is -0.354 e. The SMILES string of the molecule is CCc1ccc2[nH]c(-c3cc(-c4ccncc4)n[nH]c3=O)cc2c1. The van der Waals surface area contributed by atoms with E-state index in [2.05, 4.69) is 45.3 Å². The van der Waals surface area contributed by atoms with Crippen LogP contribution in [0.1, 0.15) is 12.5 Å². The topological polar surface area (TPSA) is 74.4 Å². The van der Waals surface area contributed by atoms with Gasteiger partial charge in [0.25, 0.3) is 5.56 Å². The third-order valence-electron chi connectivity index (χ3n) is 4.16. The molecule has 0 saturated carbocycles. The molecule has 0 saturated heterocycles. The third kappa shape index (κ3) is 2.50. The second kappa shape index (κ2) is 5.77. The van der Waals surface area contributed by atoms with Crippen LogP contribution >= 0.6 is 0 Å². The van der Waals surface area contributed by atoms with Gasteiger partial charge in [0.1, 0.15) is 0 Å². The quantitative estimate of drug-likeness (QED) is 0.607. The van der Waals surface area contributed by atoms with E-state index in [1.807, 2.05) is 18.2 Å². The van der Waals surface area contributed by atoms with Gasteiger partial charge in [-0.15, -0.1) is 0 Å². The summed E-state index contributed by atoms with van der Waals surface area (Å²) in [7, 11) is 0. The highest BCUT2D eigenvalue weighted by Crippen LogP contribution is 2.25. The van der Waals surface area contributed by atoms with Crippen LogP contribution in [0, 0.1) is 0 Å². The van der Waals surface area contributed by atoms with E-state index in [9.17, 15) is 4.79 Å². The molecule has 0 aliphatic rings. The lowest BCUT2D eigenvalue weighted by Crippen LogP contribution is -2.11. The van der Waals surface area contributed by atoms with Crippen LogP contribution in [0.25, 0.3) is 33.4 Å². The average molecular weight is 316 g/mol. The number of pyridine rings is 1. The molecule has 0 aliphatic carbocycles. The smallest absolute Gasteiger partial charge is 0.273 e. The highest BCUT2D eigenvalue weighted by atomic mass is 16.1. The fraction of sp³-hybridized carbons (Fsp3) is 0.105. The average Bonchev–Trinajstić information content (AvgIpc) is 3.05. The van der Waals surface area contributed by atoms with E-state index in [0.717, 1.165) is 28.6 Å². The number of hydrogen-bond acceptors (Lipinski definition) is 3. The number of hydrogen-bond donors (Lipinski definition) is 2. The van der Waals surface area contributed by atoms with Crippen molar-refractivity contribution in [3.05, 3.63) is 70.8 Å². The summed E-state index contributed by atoms with van der Waals surface area (Å²) in [6.07, 6.45) is 4.40. The molecule has 3 heterocycles. The maximum atomic E-state index is 12.3. The van der Waals surface area contributed by atoms with Gasteiger partial charge in [0.15, 0.2) is 0 Å². The molecule has 4 aromatic rings. The number of aryl methyl sites for hydroxylation is 1. The maximum absolute atomic E-state index is 12.3. The van der Waals surface area contributed by atoms with Crippen LogP contribution in [0.15, 0.2) is 59.7 Å². The van der Waals surface area contributed by atoms with Crippen molar-refractivity contribution in [1.29, 1.82) is 0 Å². The van der Waals surface area contributed by atoms with Gasteiger partial charge in [-0.1, -0.05) is 13.0 Å². The zero-order chi connectivity index (χ0) is 16.5. The van der Waals surface area contributed by atoms with Gasteiger partial charge < -0.3 is 4.98 Å². The Hall–Kier alpha value is -3.21. The Morgan fingerprint density at radius 2 is 1.88 bits per heavy atom. The molecule has 3 aromatic heterocycles. The lowest BCUT2D eigenvalue weighted by molar-refractivity contribution is 0.996. The normalized spacial score (nSPS) is 11.0. The Bertz CT molecular complexity index is 1060. The predicted octanol–water partition coefficient (Wildman–Crippen LogP) is 3.54. The number of nitrogens with zero attached hydrogens (tertiary/aromatic N) is 2. The highest BCUT2D eigenvalue weighted by molar-refractivity contribution is 5.86. The van der Waals surface area contributed by atoms with Crippen molar-refractivity contribution < 1.29 is 0 Å². The lowest BCUT2D eigenvalue weighted by Gasteiger charge is -2.02. The first-order valence-electron chi connectivity index (χ1n) is 7.87. The minimum atomic E-state index is -0.213. The van der Waals surface area contributed by atoms with Crippen molar-refractivity contribution in [2.24, 2.45) is 0 Å². The summed E-state index contributed by atoms with van der Waals surface area (Å²) in [6.45, 7) is 2.13. The molecule has 0 spiro atoms. The molecule has 0 unspecified atom stereocenters. The van der Waals surface area contributed by atoms with E-state index >= 15 is 0 Å². The monoisotopic (exact) mass is 316 g/mol. The first kappa shape index (κ1) is 14.4. The maximum Gasteiger partial charge on any atom is 0.273 e. The van der Waals surface area contributed by atoms with Crippen molar-refractivity contribution in [3.8, 4) is 22.5 Å². The summed E-state index contributed by atoms with van der Waals surface area (Å²) in [5.74, 6) is 0. The number of aromatic amines is 2. The van der Waals surface area contributed by atoms with Gasteiger partial charge in [-0.2, -0.15) is 5.10 Å². The van der Waals surface area contributed by atoms with E-state index in [-0.39, 0.29) is 5.56 Å². The molecular weight excluding hydrogens is 300 g/mol. The predicted molar refractivity (Wildman–Crippen MR) is 94.8 cm³/mol. The van der Waals surface area contributed by atoms with Gasteiger partial charge >= 0.3 is 0 Å². The molecule has 0 fully saturated rings. The fourth-order valence-corrected chi connectivity index (χ4v) is 2.82. The molecule has 0 amide bonds. The second-order valence-corrected chi connectivity index (χ2v) is 5.69. The number of benzene rings is 1. The Labute approximate surface area is 138 Å². The van der Waals surface area contributed by atoms with Gasteiger partial charge in [0.05, 0.1) is 17.0 Å². The van der Waals surface area contributed by atoms with Crippen molar-refractivity contribution in [2.75, 3.05) is 0 Å². The van der Waals surface area contributed by atoms with Crippen molar-refractivity contribution in [2.45, 2.75) is 13.3 Å². The Morgan fingerprint density at radius 3 is 2.67 bits per heavy atom. The molecule has 0 radical (unpaired) electrons. The summed E-state index contributed by atoms with van der Waals surface area (Å²) >= 11 is 0. The first-order chi connectivity index (χ1) is 11.7. The summed E-state index contributed by atoms with van der Waals surface area (Å²) in [5.41, 5.74) is 5.06. The number of rotatable bonds is 3. The molecule has 5 heteroatoms. The van der Waals surface area contributed by atoms with Crippen LogP contribution in [0.2, 0.25) is 0 Å². The fourth-order valence-electron chi connectivity index (χ4n) is 2.82. The van der Waals surface area contributed by atoms with Crippen molar-refractivity contribution in [3.63, 3.8) is 0 Å². The van der Waals surface area contributed by atoms with Crippen LogP contribution in [-0.4, -0.2) is 20.2 Å². The van der Waals surface area contributed by atoms with Crippen molar-refractivity contribution >= 4 is 10.9 Å². The van der Waals surface area contributed by atoms with Crippen molar-refractivity contribution in [1.82, 2.24) is 20.2 Å². The third-order valence-corrected chi connectivity index (χ3v) is 4.16. The van der Waals surface area contributed by atoms with E-state index in [1.165, 1.54) is 5.56 Å². The summed E-state index contributed by atoms with van der Waals surface area (Å²) in [5, 5.41) is 7.83. The van der Waals surface area contributed by atoms with Crippen LogP contribution in [0.5, 0.6) is 0 Å². The van der Waals surface area contributed by atoms with Gasteiger partial charge in [0, 0.05) is 28.9 Å².